The van der Waals surface area contributed by atoms with E-state index in [4.69, 9.17) is 14.2 Å². The van der Waals surface area contributed by atoms with Gasteiger partial charge in [-0.05, 0) is 41.8 Å². The van der Waals surface area contributed by atoms with Gasteiger partial charge >= 0.3 is 0 Å². The number of ether oxygens (including phenoxy) is 3. The van der Waals surface area contributed by atoms with E-state index >= 15 is 0 Å². The Bertz CT molecular complexity index is 897. The van der Waals surface area contributed by atoms with Crippen molar-refractivity contribution in [2.24, 2.45) is 0 Å². The van der Waals surface area contributed by atoms with Gasteiger partial charge in [0.05, 0.1) is 7.11 Å². The van der Waals surface area contributed by atoms with Crippen molar-refractivity contribution in [2.45, 2.75) is 12.8 Å². The second kappa shape index (κ2) is 7.61. The van der Waals surface area contributed by atoms with E-state index in [9.17, 15) is 0 Å². The summed E-state index contributed by atoms with van der Waals surface area (Å²) in [7, 11) is 1.67. The van der Waals surface area contributed by atoms with Gasteiger partial charge in [0.25, 0.3) is 0 Å². The summed E-state index contributed by atoms with van der Waals surface area (Å²) in [6.45, 7) is 1.09. The van der Waals surface area contributed by atoms with Crippen molar-refractivity contribution in [3.63, 3.8) is 0 Å². The zero-order valence-corrected chi connectivity index (χ0v) is 15.2. The van der Waals surface area contributed by atoms with Crippen LogP contribution in [0.5, 0.6) is 17.2 Å². The molecule has 3 aromatic rings. The molecule has 0 amide bonds. The molecule has 0 saturated carbocycles. The number of fused-ring (bicyclic) bond motifs is 1. The average molecular weight is 369 g/mol. The first kappa shape index (κ1) is 16.7. The summed E-state index contributed by atoms with van der Waals surface area (Å²) in [5, 5.41) is 4.17. The minimum atomic E-state index is 0.303. The largest absolute Gasteiger partial charge is 0.497 e. The lowest BCUT2D eigenvalue weighted by Crippen LogP contribution is -2.04. The summed E-state index contributed by atoms with van der Waals surface area (Å²) in [5.74, 6) is 3.29. The number of methoxy groups -OCH3 is 1. The highest BCUT2D eigenvalue weighted by atomic mass is 32.1. The van der Waals surface area contributed by atoms with Gasteiger partial charge in [0.1, 0.15) is 11.6 Å². The van der Waals surface area contributed by atoms with Crippen LogP contribution >= 0.6 is 11.5 Å². The molecule has 26 heavy (non-hydrogen) atoms. The predicted octanol–water partition coefficient (Wildman–Crippen LogP) is 3.52. The molecule has 1 N–H and O–H groups in total. The molecule has 0 unspecified atom stereocenters. The smallest absolute Gasteiger partial charge is 0.231 e. The molecule has 1 aliphatic heterocycles. The average Bonchev–Trinajstić information content (AvgIpc) is 3.31. The van der Waals surface area contributed by atoms with E-state index in [1.807, 2.05) is 30.3 Å². The Labute approximate surface area is 155 Å². The third kappa shape index (κ3) is 3.88. The van der Waals surface area contributed by atoms with E-state index in [1.165, 1.54) is 17.1 Å². The van der Waals surface area contributed by atoms with E-state index in [-0.39, 0.29) is 0 Å². The van der Waals surface area contributed by atoms with Crippen LogP contribution in [0.1, 0.15) is 17.0 Å². The number of anilines is 1. The van der Waals surface area contributed by atoms with Crippen LogP contribution in [-0.4, -0.2) is 29.8 Å². The van der Waals surface area contributed by atoms with Gasteiger partial charge in [-0.15, -0.1) is 0 Å². The first-order valence-corrected chi connectivity index (χ1v) is 9.15. The number of nitrogens with one attached hydrogen (secondary N) is 1. The standard InChI is InChI=1S/C19H19N3O3S/c1-23-15-4-2-3-14(9-15)11-18-21-19(26-22-18)20-8-7-13-5-6-16-17(10-13)25-12-24-16/h2-6,9-10H,7-8,11-12H2,1H3,(H,20,21,22). The van der Waals surface area contributed by atoms with Crippen LogP contribution in [0.25, 0.3) is 0 Å². The molecule has 0 fully saturated rings. The number of rotatable bonds is 7. The van der Waals surface area contributed by atoms with Crippen molar-refractivity contribution in [1.82, 2.24) is 9.36 Å². The molecule has 6 nitrogen and oxygen atoms in total. The number of benzene rings is 2. The maximum Gasteiger partial charge on any atom is 0.231 e. The van der Waals surface area contributed by atoms with Crippen LogP contribution in [0.4, 0.5) is 5.13 Å². The van der Waals surface area contributed by atoms with Crippen molar-refractivity contribution < 1.29 is 14.2 Å². The zero-order valence-electron chi connectivity index (χ0n) is 14.4. The molecule has 0 aliphatic carbocycles. The van der Waals surface area contributed by atoms with Crippen molar-refractivity contribution in [3.8, 4) is 17.2 Å². The summed E-state index contributed by atoms with van der Waals surface area (Å²) in [4.78, 5) is 4.56. The Hall–Kier alpha value is -2.80. The van der Waals surface area contributed by atoms with E-state index in [0.29, 0.717) is 13.2 Å². The van der Waals surface area contributed by atoms with Gasteiger partial charge in [-0.1, -0.05) is 18.2 Å². The van der Waals surface area contributed by atoms with Crippen molar-refractivity contribution in [1.29, 1.82) is 0 Å². The van der Waals surface area contributed by atoms with Crippen molar-refractivity contribution in [2.75, 3.05) is 25.8 Å². The summed E-state index contributed by atoms with van der Waals surface area (Å²) < 4.78 is 20.4. The molecule has 134 valence electrons. The summed E-state index contributed by atoms with van der Waals surface area (Å²) in [6.07, 6.45) is 1.57. The molecular weight excluding hydrogens is 350 g/mol. The molecule has 0 spiro atoms. The molecule has 1 aliphatic rings. The monoisotopic (exact) mass is 369 g/mol. The maximum atomic E-state index is 5.41. The zero-order chi connectivity index (χ0) is 17.8. The van der Waals surface area contributed by atoms with Crippen LogP contribution in [0.2, 0.25) is 0 Å². The number of hydrogen-bond acceptors (Lipinski definition) is 7. The molecule has 0 saturated heterocycles. The van der Waals surface area contributed by atoms with Crippen LogP contribution in [0, 0.1) is 0 Å². The van der Waals surface area contributed by atoms with Crippen molar-refractivity contribution >= 4 is 16.7 Å². The van der Waals surface area contributed by atoms with Crippen LogP contribution in [-0.2, 0) is 12.8 Å². The van der Waals surface area contributed by atoms with Crippen molar-refractivity contribution in [3.05, 3.63) is 59.4 Å². The number of aromatic nitrogens is 2. The second-order valence-electron chi connectivity index (χ2n) is 5.91. The van der Waals surface area contributed by atoms with E-state index in [0.717, 1.165) is 46.7 Å². The van der Waals surface area contributed by atoms with Crippen LogP contribution in [0.3, 0.4) is 0 Å². The lowest BCUT2D eigenvalue weighted by Gasteiger charge is -2.04. The highest BCUT2D eigenvalue weighted by Crippen LogP contribution is 2.32. The molecular formula is C19H19N3O3S. The quantitative estimate of drug-likeness (QED) is 0.687. The van der Waals surface area contributed by atoms with E-state index < -0.39 is 0 Å². The van der Waals surface area contributed by atoms with Gasteiger partial charge in [-0.3, -0.25) is 0 Å². The maximum absolute atomic E-state index is 5.41. The van der Waals surface area contributed by atoms with E-state index in [1.54, 1.807) is 7.11 Å². The van der Waals surface area contributed by atoms with Crippen LogP contribution < -0.4 is 19.5 Å². The third-order valence-electron chi connectivity index (χ3n) is 4.09. The first-order chi connectivity index (χ1) is 12.8. The van der Waals surface area contributed by atoms with Gasteiger partial charge in [-0.25, -0.2) is 4.98 Å². The Morgan fingerprint density at radius 1 is 1.12 bits per heavy atom. The molecule has 2 aromatic carbocycles. The van der Waals surface area contributed by atoms with Gasteiger partial charge in [-0.2, -0.15) is 4.37 Å². The minimum Gasteiger partial charge on any atom is -0.497 e. The molecule has 1 aromatic heterocycles. The van der Waals surface area contributed by atoms with Gasteiger partial charge < -0.3 is 19.5 Å². The van der Waals surface area contributed by atoms with Gasteiger partial charge in [0, 0.05) is 24.5 Å². The normalized spacial score (nSPS) is 12.2. The summed E-state index contributed by atoms with van der Waals surface area (Å²) >= 11 is 1.39. The Kier molecular flexibility index (Phi) is 4.88. The summed E-state index contributed by atoms with van der Waals surface area (Å²) in [5.41, 5.74) is 2.33. The Morgan fingerprint density at radius 2 is 2.04 bits per heavy atom. The Balaban J connectivity index is 1.31. The first-order valence-electron chi connectivity index (χ1n) is 8.38. The fourth-order valence-corrected chi connectivity index (χ4v) is 3.38. The Morgan fingerprint density at radius 3 is 2.96 bits per heavy atom. The van der Waals surface area contributed by atoms with Crippen LogP contribution in [0.15, 0.2) is 42.5 Å². The molecule has 0 atom stereocenters. The second-order valence-corrected chi connectivity index (χ2v) is 6.66. The summed E-state index contributed by atoms with van der Waals surface area (Å²) in [6, 6.07) is 14.0. The fraction of sp³-hybridized carbons (Fsp3) is 0.263. The lowest BCUT2D eigenvalue weighted by molar-refractivity contribution is 0.174. The molecule has 7 heteroatoms. The van der Waals surface area contributed by atoms with E-state index in [2.05, 4.69) is 26.8 Å². The highest BCUT2D eigenvalue weighted by Gasteiger charge is 2.13. The molecule has 0 radical (unpaired) electrons. The lowest BCUT2D eigenvalue weighted by atomic mass is 10.1. The molecule has 2 heterocycles. The topological polar surface area (TPSA) is 65.5 Å². The number of hydrogen-bond donors (Lipinski definition) is 1. The SMILES string of the molecule is COc1cccc(Cc2nsc(NCCc3ccc4c(c3)OCO4)n2)c1. The number of nitrogens with zero attached hydrogens (tertiary/aromatic N) is 2. The fourth-order valence-electron chi connectivity index (χ4n) is 2.77. The highest BCUT2D eigenvalue weighted by molar-refractivity contribution is 7.09. The van der Waals surface area contributed by atoms with Gasteiger partial charge in [0.15, 0.2) is 11.5 Å². The predicted molar refractivity (Wildman–Crippen MR) is 100 cm³/mol. The minimum absolute atomic E-state index is 0.303. The van der Waals surface area contributed by atoms with Gasteiger partial charge in [0.2, 0.25) is 11.9 Å². The molecule has 4 rings (SSSR count). The third-order valence-corrected chi connectivity index (χ3v) is 4.80. The molecule has 0 bridgehead atoms.